The van der Waals surface area contributed by atoms with E-state index in [9.17, 15) is 19.8 Å². The molecule has 7 nitrogen and oxygen atoms in total. The summed E-state index contributed by atoms with van der Waals surface area (Å²) in [5.74, 6) is -1.70. The van der Waals surface area contributed by atoms with Crippen molar-refractivity contribution < 1.29 is 29.3 Å². The first-order chi connectivity index (χ1) is 16.1. The fourth-order valence-corrected chi connectivity index (χ4v) is 4.22. The normalized spacial score (nSPS) is 13.9. The lowest BCUT2D eigenvalue weighted by Gasteiger charge is -2.26. The highest BCUT2D eigenvalue weighted by molar-refractivity contribution is 6.30. The van der Waals surface area contributed by atoms with Gasteiger partial charge in [-0.25, -0.2) is 4.79 Å². The number of aliphatic hydroxyl groups is 2. The van der Waals surface area contributed by atoms with Gasteiger partial charge in [0.25, 0.3) is 0 Å². The predicted molar refractivity (Wildman–Crippen MR) is 131 cm³/mol. The Kier molecular flexibility index (Phi) is 10.6. The Morgan fingerprint density at radius 1 is 1.06 bits per heavy atom. The van der Waals surface area contributed by atoms with Gasteiger partial charge in [0.05, 0.1) is 26.7 Å². The minimum atomic E-state index is -2.10. The maximum Gasteiger partial charge on any atom is 0.338 e. The van der Waals surface area contributed by atoms with Gasteiger partial charge in [-0.15, -0.1) is 0 Å². The Morgan fingerprint density at radius 3 is 2.32 bits per heavy atom. The first-order valence-corrected chi connectivity index (χ1v) is 12.0. The van der Waals surface area contributed by atoms with Crippen LogP contribution in [0.5, 0.6) is 0 Å². The summed E-state index contributed by atoms with van der Waals surface area (Å²) in [6.45, 7) is 4.18. The molecule has 0 aliphatic carbocycles. The molecule has 0 saturated carbocycles. The zero-order chi connectivity index (χ0) is 25.3. The molecule has 0 aliphatic heterocycles. The minimum Gasteiger partial charge on any atom is -0.469 e. The number of hydrogen-bond acceptors (Lipinski definition) is 6. The molecule has 1 aromatic heterocycles. The SMILES string of the molecule is COC(=O)CC(O)(CC(O)CCCCCCc1ccc(Cl)cc1-n1cc(C)c(C)c1)C(=O)OC. The molecule has 2 N–H and O–H groups in total. The molecule has 8 heteroatoms. The third kappa shape index (κ3) is 7.86. The highest BCUT2D eigenvalue weighted by atomic mass is 35.5. The predicted octanol–water partition coefficient (Wildman–Crippen LogP) is 4.46. The zero-order valence-electron chi connectivity index (χ0n) is 20.5. The third-order valence-electron chi connectivity index (χ3n) is 6.15. The first kappa shape index (κ1) is 27.9. The van der Waals surface area contributed by atoms with Crippen molar-refractivity contribution in [3.8, 4) is 5.69 Å². The smallest absolute Gasteiger partial charge is 0.338 e. The average molecular weight is 494 g/mol. The maximum atomic E-state index is 11.9. The standard InChI is InChI=1S/C26H36ClNO6/c1-18-16-28(17-19(18)2)23-13-21(27)12-11-20(23)9-7-5-6-8-10-22(29)14-26(32,25(31)34-4)15-24(30)33-3/h11-13,16-17,22,29,32H,5-10,14-15H2,1-4H3. The van der Waals surface area contributed by atoms with Crippen molar-refractivity contribution in [1.82, 2.24) is 4.57 Å². The molecule has 0 bridgehead atoms. The van der Waals surface area contributed by atoms with Gasteiger partial charge in [0.2, 0.25) is 0 Å². The molecule has 0 amide bonds. The Labute approximate surface area is 206 Å². The summed E-state index contributed by atoms with van der Waals surface area (Å²) in [6, 6.07) is 5.97. The molecule has 1 aromatic carbocycles. The number of carbonyl (C=O) groups excluding carboxylic acids is 2. The van der Waals surface area contributed by atoms with E-state index in [1.807, 2.05) is 12.1 Å². The number of aryl methyl sites for hydroxylation is 3. The lowest BCUT2D eigenvalue weighted by atomic mass is 9.90. The molecule has 0 aliphatic rings. The van der Waals surface area contributed by atoms with Gasteiger partial charge in [0.15, 0.2) is 5.60 Å². The molecule has 188 valence electrons. The molecule has 0 saturated heterocycles. The van der Waals surface area contributed by atoms with Crippen LogP contribution < -0.4 is 0 Å². The van der Waals surface area contributed by atoms with E-state index in [0.29, 0.717) is 11.4 Å². The summed E-state index contributed by atoms with van der Waals surface area (Å²) in [6.07, 6.45) is 7.37. The summed E-state index contributed by atoms with van der Waals surface area (Å²) in [7, 11) is 2.30. The van der Waals surface area contributed by atoms with Crippen molar-refractivity contribution in [3.63, 3.8) is 0 Å². The highest BCUT2D eigenvalue weighted by Crippen LogP contribution is 2.25. The van der Waals surface area contributed by atoms with Crippen molar-refractivity contribution >= 4 is 23.5 Å². The van der Waals surface area contributed by atoms with Crippen LogP contribution in [0.4, 0.5) is 0 Å². The van der Waals surface area contributed by atoms with E-state index in [4.69, 9.17) is 11.6 Å². The number of hydrogen-bond donors (Lipinski definition) is 2. The van der Waals surface area contributed by atoms with Gasteiger partial charge in [0, 0.05) is 29.5 Å². The van der Waals surface area contributed by atoms with Crippen LogP contribution in [0.25, 0.3) is 5.69 Å². The minimum absolute atomic E-state index is 0.279. The second-order valence-corrected chi connectivity index (χ2v) is 9.33. The number of rotatable bonds is 13. The molecule has 0 radical (unpaired) electrons. The molecule has 2 aromatic rings. The Bertz CT molecular complexity index is 953. The average Bonchev–Trinajstić information content (AvgIpc) is 3.13. The summed E-state index contributed by atoms with van der Waals surface area (Å²) in [5, 5.41) is 21.6. The van der Waals surface area contributed by atoms with Crippen LogP contribution in [-0.4, -0.2) is 52.6 Å². The van der Waals surface area contributed by atoms with Crippen molar-refractivity contribution in [2.45, 2.75) is 76.9 Å². The van der Waals surface area contributed by atoms with Crippen LogP contribution in [-0.2, 0) is 25.5 Å². The number of aromatic nitrogens is 1. The van der Waals surface area contributed by atoms with E-state index in [0.717, 1.165) is 44.9 Å². The Hall–Kier alpha value is -2.35. The third-order valence-corrected chi connectivity index (χ3v) is 6.38. The first-order valence-electron chi connectivity index (χ1n) is 11.6. The zero-order valence-corrected chi connectivity index (χ0v) is 21.2. The lowest BCUT2D eigenvalue weighted by molar-refractivity contribution is -0.172. The van der Waals surface area contributed by atoms with Gasteiger partial charge in [-0.2, -0.15) is 0 Å². The number of methoxy groups -OCH3 is 2. The molecule has 2 atom stereocenters. The molecule has 0 fully saturated rings. The maximum absolute atomic E-state index is 11.9. The molecule has 1 heterocycles. The number of esters is 2. The monoisotopic (exact) mass is 493 g/mol. The number of unbranched alkanes of at least 4 members (excludes halogenated alkanes) is 3. The number of nitrogens with zero attached hydrogens (tertiary/aromatic N) is 1. The second kappa shape index (κ2) is 12.9. The van der Waals surface area contributed by atoms with Gasteiger partial charge in [-0.05, 0) is 61.9 Å². The molecule has 2 unspecified atom stereocenters. The van der Waals surface area contributed by atoms with Crippen LogP contribution in [0.1, 0.15) is 61.6 Å². The number of halogens is 1. The van der Waals surface area contributed by atoms with Crippen molar-refractivity contribution in [2.75, 3.05) is 14.2 Å². The van der Waals surface area contributed by atoms with Gasteiger partial charge in [0.1, 0.15) is 0 Å². The summed E-state index contributed by atoms with van der Waals surface area (Å²) in [4.78, 5) is 23.5. The van der Waals surface area contributed by atoms with E-state index in [-0.39, 0.29) is 6.42 Å². The Morgan fingerprint density at radius 2 is 1.71 bits per heavy atom. The van der Waals surface area contributed by atoms with Crippen molar-refractivity contribution in [1.29, 1.82) is 0 Å². The highest BCUT2D eigenvalue weighted by Gasteiger charge is 2.41. The molecular weight excluding hydrogens is 458 g/mol. The largest absolute Gasteiger partial charge is 0.469 e. The molecule has 0 spiro atoms. The molecule has 34 heavy (non-hydrogen) atoms. The van der Waals surface area contributed by atoms with Gasteiger partial charge in [-0.1, -0.05) is 36.9 Å². The lowest BCUT2D eigenvalue weighted by Crippen LogP contribution is -2.44. The summed E-state index contributed by atoms with van der Waals surface area (Å²) in [5.41, 5.74) is 2.68. The van der Waals surface area contributed by atoms with Gasteiger partial charge < -0.3 is 24.3 Å². The number of benzene rings is 1. The fraction of sp³-hybridized carbons (Fsp3) is 0.538. The van der Waals surface area contributed by atoms with Crippen LogP contribution in [0.2, 0.25) is 5.02 Å². The molecular formula is C26H36ClNO6. The van der Waals surface area contributed by atoms with Gasteiger partial charge in [-0.3, -0.25) is 4.79 Å². The van der Waals surface area contributed by atoms with Crippen LogP contribution in [0, 0.1) is 13.8 Å². The second-order valence-electron chi connectivity index (χ2n) is 8.89. The fourth-order valence-electron chi connectivity index (χ4n) is 4.06. The van der Waals surface area contributed by atoms with Crippen molar-refractivity contribution in [3.05, 3.63) is 52.3 Å². The van der Waals surface area contributed by atoms with Crippen LogP contribution in [0.3, 0.4) is 0 Å². The Balaban J connectivity index is 1.82. The van der Waals surface area contributed by atoms with Crippen LogP contribution >= 0.6 is 11.6 Å². The summed E-state index contributed by atoms with van der Waals surface area (Å²) >= 11 is 6.25. The number of carbonyl (C=O) groups is 2. The number of ether oxygens (including phenoxy) is 2. The van der Waals surface area contributed by atoms with Crippen LogP contribution in [0.15, 0.2) is 30.6 Å². The summed E-state index contributed by atoms with van der Waals surface area (Å²) < 4.78 is 11.3. The van der Waals surface area contributed by atoms with E-state index < -0.39 is 30.1 Å². The topological polar surface area (TPSA) is 98.0 Å². The van der Waals surface area contributed by atoms with Gasteiger partial charge >= 0.3 is 11.9 Å². The quantitative estimate of drug-likeness (QED) is 0.316. The van der Waals surface area contributed by atoms with E-state index in [1.165, 1.54) is 23.8 Å². The van der Waals surface area contributed by atoms with E-state index in [2.05, 4.69) is 46.3 Å². The van der Waals surface area contributed by atoms with E-state index >= 15 is 0 Å². The van der Waals surface area contributed by atoms with Crippen molar-refractivity contribution in [2.24, 2.45) is 0 Å². The van der Waals surface area contributed by atoms with E-state index in [1.54, 1.807) is 0 Å². The number of aliphatic hydroxyl groups excluding tert-OH is 1. The molecule has 2 rings (SSSR count).